The number of unbranched alkanes of at least 4 members (excludes halogenated alkanes) is 2. The molecular formula is C17H23NO4. The third kappa shape index (κ3) is 4.00. The lowest BCUT2D eigenvalue weighted by Gasteiger charge is -2.34. The number of amides is 1. The van der Waals surface area contributed by atoms with Gasteiger partial charge in [0.25, 0.3) is 0 Å². The number of methoxy groups -OCH3 is 1. The van der Waals surface area contributed by atoms with Crippen LogP contribution in [0.3, 0.4) is 0 Å². The lowest BCUT2D eigenvalue weighted by Crippen LogP contribution is -2.62. The van der Waals surface area contributed by atoms with Gasteiger partial charge in [0, 0.05) is 0 Å². The average Bonchev–Trinajstić information content (AvgIpc) is 2.54. The number of β-lactam (4-membered cyclic amide) rings is 1. The van der Waals surface area contributed by atoms with E-state index in [0.717, 1.165) is 37.0 Å². The van der Waals surface area contributed by atoms with Crippen molar-refractivity contribution in [2.75, 3.05) is 7.11 Å². The van der Waals surface area contributed by atoms with E-state index in [1.807, 2.05) is 24.3 Å². The molecule has 22 heavy (non-hydrogen) atoms. The maximum Gasteiger partial charge on any atom is 0.329 e. The Balaban J connectivity index is 1.79. The Morgan fingerprint density at radius 1 is 1.23 bits per heavy atom. The fraction of sp³-hybridized carbons (Fsp3) is 0.529. The van der Waals surface area contributed by atoms with Crippen molar-refractivity contribution >= 4 is 11.9 Å². The first-order valence-corrected chi connectivity index (χ1v) is 7.75. The summed E-state index contributed by atoms with van der Waals surface area (Å²) in [6.45, 7) is 2.32. The van der Waals surface area contributed by atoms with Gasteiger partial charge in [0.15, 0.2) is 0 Å². The molecule has 0 saturated carbocycles. The zero-order valence-electron chi connectivity index (χ0n) is 13.1. The number of benzene rings is 1. The molecule has 1 heterocycles. The molecule has 2 unspecified atom stereocenters. The van der Waals surface area contributed by atoms with Crippen LogP contribution in [0, 0.1) is 5.92 Å². The minimum Gasteiger partial charge on any atom is -0.497 e. The molecule has 0 spiro atoms. The summed E-state index contributed by atoms with van der Waals surface area (Å²) in [7, 11) is 1.60. The third-order valence-electron chi connectivity index (χ3n) is 3.95. The molecule has 0 bridgehead atoms. The molecule has 0 aromatic heterocycles. The molecular weight excluding hydrogens is 282 g/mol. The van der Waals surface area contributed by atoms with Crippen LogP contribution in [-0.2, 0) is 20.9 Å². The van der Waals surface area contributed by atoms with E-state index in [-0.39, 0.29) is 24.4 Å². The molecule has 1 aromatic carbocycles. The van der Waals surface area contributed by atoms with Crippen LogP contribution in [0.1, 0.15) is 38.2 Å². The Kier molecular flexibility index (Phi) is 5.81. The second-order valence-corrected chi connectivity index (χ2v) is 5.54. The van der Waals surface area contributed by atoms with Gasteiger partial charge in [-0.2, -0.15) is 0 Å². The maximum atomic E-state index is 12.0. The van der Waals surface area contributed by atoms with Gasteiger partial charge < -0.3 is 14.8 Å². The Morgan fingerprint density at radius 2 is 1.95 bits per heavy atom. The predicted molar refractivity (Wildman–Crippen MR) is 82.4 cm³/mol. The van der Waals surface area contributed by atoms with Gasteiger partial charge in [-0.15, -0.1) is 0 Å². The zero-order chi connectivity index (χ0) is 15.9. The molecule has 0 radical (unpaired) electrons. The first kappa shape index (κ1) is 16.3. The van der Waals surface area contributed by atoms with Crippen LogP contribution in [0.15, 0.2) is 24.3 Å². The number of rotatable bonds is 8. The van der Waals surface area contributed by atoms with Crippen LogP contribution in [0.5, 0.6) is 5.75 Å². The van der Waals surface area contributed by atoms with E-state index in [4.69, 9.17) is 9.47 Å². The zero-order valence-corrected chi connectivity index (χ0v) is 13.1. The number of hydrogen-bond donors (Lipinski definition) is 1. The number of esters is 1. The summed E-state index contributed by atoms with van der Waals surface area (Å²) in [5.41, 5.74) is 0.891. The Morgan fingerprint density at radius 3 is 2.55 bits per heavy atom. The lowest BCUT2D eigenvalue weighted by molar-refractivity contribution is -0.159. The fourth-order valence-corrected chi connectivity index (χ4v) is 2.52. The molecule has 2 atom stereocenters. The number of ether oxygens (including phenoxy) is 2. The minimum absolute atomic E-state index is 0.0394. The van der Waals surface area contributed by atoms with Gasteiger partial charge in [0.2, 0.25) is 5.91 Å². The van der Waals surface area contributed by atoms with Gasteiger partial charge in [-0.25, -0.2) is 4.79 Å². The summed E-state index contributed by atoms with van der Waals surface area (Å²) < 4.78 is 10.4. The summed E-state index contributed by atoms with van der Waals surface area (Å²) in [4.78, 5) is 23.6. The summed E-state index contributed by atoms with van der Waals surface area (Å²) in [6.07, 6.45) is 3.90. The second-order valence-electron chi connectivity index (χ2n) is 5.54. The van der Waals surface area contributed by atoms with Crippen molar-refractivity contribution in [2.45, 2.75) is 45.3 Å². The lowest BCUT2D eigenvalue weighted by atomic mass is 9.86. The molecule has 120 valence electrons. The number of nitrogens with one attached hydrogen (secondary N) is 1. The highest BCUT2D eigenvalue weighted by Crippen LogP contribution is 2.23. The highest BCUT2D eigenvalue weighted by molar-refractivity contribution is 5.97. The summed E-state index contributed by atoms with van der Waals surface area (Å²) in [6, 6.07) is 6.86. The average molecular weight is 305 g/mol. The van der Waals surface area contributed by atoms with Crippen LogP contribution in [0.2, 0.25) is 0 Å². The largest absolute Gasteiger partial charge is 0.497 e. The Bertz CT molecular complexity index is 512. The van der Waals surface area contributed by atoms with Gasteiger partial charge >= 0.3 is 5.97 Å². The van der Waals surface area contributed by atoms with Gasteiger partial charge in [-0.1, -0.05) is 38.3 Å². The molecule has 0 aliphatic carbocycles. The maximum absolute atomic E-state index is 12.0. The van der Waals surface area contributed by atoms with Crippen molar-refractivity contribution in [3.8, 4) is 5.75 Å². The molecule has 2 rings (SSSR count). The molecule has 5 nitrogen and oxygen atoms in total. The van der Waals surface area contributed by atoms with Crippen molar-refractivity contribution in [2.24, 2.45) is 5.92 Å². The van der Waals surface area contributed by atoms with E-state index in [1.54, 1.807) is 7.11 Å². The van der Waals surface area contributed by atoms with Crippen molar-refractivity contribution < 1.29 is 19.1 Å². The standard InChI is InChI=1S/C17H23NO4/c1-3-4-5-6-14-15(18-16(14)19)17(20)22-11-12-7-9-13(21-2)10-8-12/h7-10,14-15H,3-6,11H2,1-2H3,(H,18,19). The van der Waals surface area contributed by atoms with Crippen LogP contribution in [0.25, 0.3) is 0 Å². The monoisotopic (exact) mass is 305 g/mol. The normalized spacial score (nSPS) is 20.0. The van der Waals surface area contributed by atoms with Crippen LogP contribution in [-0.4, -0.2) is 25.0 Å². The highest BCUT2D eigenvalue weighted by Gasteiger charge is 2.44. The van der Waals surface area contributed by atoms with Gasteiger partial charge in [0.05, 0.1) is 13.0 Å². The third-order valence-corrected chi connectivity index (χ3v) is 3.95. The van der Waals surface area contributed by atoms with E-state index in [9.17, 15) is 9.59 Å². The van der Waals surface area contributed by atoms with Crippen LogP contribution >= 0.6 is 0 Å². The summed E-state index contributed by atoms with van der Waals surface area (Å²) >= 11 is 0. The topological polar surface area (TPSA) is 64.6 Å². The Labute approximate surface area is 131 Å². The van der Waals surface area contributed by atoms with Gasteiger partial charge in [-0.05, 0) is 24.1 Å². The van der Waals surface area contributed by atoms with E-state index >= 15 is 0 Å². The number of carbonyl (C=O) groups excluding carboxylic acids is 2. The van der Waals surface area contributed by atoms with Gasteiger partial charge in [-0.3, -0.25) is 4.79 Å². The molecule has 1 saturated heterocycles. The fourth-order valence-electron chi connectivity index (χ4n) is 2.52. The molecule has 1 fully saturated rings. The second kappa shape index (κ2) is 7.82. The van der Waals surface area contributed by atoms with E-state index in [0.29, 0.717) is 0 Å². The van der Waals surface area contributed by atoms with Crippen LogP contribution in [0.4, 0.5) is 0 Å². The first-order chi connectivity index (χ1) is 10.7. The van der Waals surface area contributed by atoms with E-state index in [1.165, 1.54) is 0 Å². The quantitative estimate of drug-likeness (QED) is 0.455. The highest BCUT2D eigenvalue weighted by atomic mass is 16.5. The first-order valence-electron chi connectivity index (χ1n) is 7.75. The van der Waals surface area contributed by atoms with E-state index < -0.39 is 6.04 Å². The number of hydrogen-bond acceptors (Lipinski definition) is 4. The smallest absolute Gasteiger partial charge is 0.329 e. The molecule has 1 N–H and O–H groups in total. The molecule has 1 aromatic rings. The van der Waals surface area contributed by atoms with Crippen LogP contribution < -0.4 is 10.1 Å². The molecule has 5 heteroatoms. The minimum atomic E-state index is -0.484. The molecule has 1 aliphatic heterocycles. The SMILES string of the molecule is CCCCCC1C(=O)NC1C(=O)OCc1ccc(OC)cc1. The van der Waals surface area contributed by atoms with Crippen molar-refractivity contribution in [3.63, 3.8) is 0 Å². The molecule has 1 aliphatic rings. The Hall–Kier alpha value is -2.04. The predicted octanol–water partition coefficient (Wildman–Crippen LogP) is 2.43. The van der Waals surface area contributed by atoms with Gasteiger partial charge in [0.1, 0.15) is 18.4 Å². The van der Waals surface area contributed by atoms with Crippen molar-refractivity contribution in [1.82, 2.24) is 5.32 Å². The van der Waals surface area contributed by atoms with Crippen molar-refractivity contribution in [3.05, 3.63) is 29.8 Å². The number of carbonyl (C=O) groups is 2. The summed E-state index contributed by atoms with van der Waals surface area (Å²) in [5.74, 6) is 0.145. The summed E-state index contributed by atoms with van der Waals surface area (Å²) in [5, 5.41) is 2.64. The van der Waals surface area contributed by atoms with E-state index in [2.05, 4.69) is 12.2 Å². The molecule has 1 amide bonds. The van der Waals surface area contributed by atoms with Crippen molar-refractivity contribution in [1.29, 1.82) is 0 Å².